The first-order valence-corrected chi connectivity index (χ1v) is 10.2. The third-order valence-electron chi connectivity index (χ3n) is 5.62. The Bertz CT molecular complexity index is 1130. The van der Waals surface area contributed by atoms with Crippen molar-refractivity contribution in [2.45, 2.75) is 32.4 Å². The Balaban J connectivity index is 1.78. The lowest BCUT2D eigenvalue weighted by Gasteiger charge is -2.28. The fourth-order valence-corrected chi connectivity index (χ4v) is 3.54. The molecule has 1 atom stereocenters. The number of pyridine rings is 2. The number of anilines is 2. The van der Waals surface area contributed by atoms with Crippen LogP contribution in [-0.4, -0.2) is 42.3 Å². The van der Waals surface area contributed by atoms with Gasteiger partial charge >= 0.3 is 5.97 Å². The summed E-state index contributed by atoms with van der Waals surface area (Å²) in [6.45, 7) is 4.74. The average Bonchev–Trinajstić information content (AvgIpc) is 2.94. The van der Waals surface area contributed by atoms with Gasteiger partial charge in [-0.05, 0) is 37.6 Å². The molecule has 0 saturated heterocycles. The molecule has 4 rings (SSSR count). The van der Waals surface area contributed by atoms with Crippen molar-refractivity contribution in [3.8, 4) is 11.5 Å². The zero-order valence-corrected chi connectivity index (χ0v) is 18.1. The Morgan fingerprint density at radius 2 is 2.10 bits per heavy atom. The molecule has 1 aliphatic heterocycles. The summed E-state index contributed by atoms with van der Waals surface area (Å²) < 4.78 is 16.4. The number of carbonyl (C=O) groups excluding carboxylic acids is 1. The van der Waals surface area contributed by atoms with Crippen LogP contribution in [-0.2, 0) is 11.3 Å². The molecule has 1 aromatic carbocycles. The number of nitrogens with one attached hydrogen (secondary N) is 2. The van der Waals surface area contributed by atoms with Crippen molar-refractivity contribution in [1.82, 2.24) is 9.97 Å². The number of esters is 1. The third-order valence-corrected chi connectivity index (χ3v) is 5.62. The maximum Gasteiger partial charge on any atom is 0.344 e. The van der Waals surface area contributed by atoms with Crippen LogP contribution >= 0.6 is 0 Å². The predicted molar refractivity (Wildman–Crippen MR) is 119 cm³/mol. The van der Waals surface area contributed by atoms with Crippen LogP contribution in [0, 0.1) is 0 Å². The van der Waals surface area contributed by atoms with Crippen LogP contribution in [0.15, 0.2) is 36.5 Å². The Labute approximate surface area is 180 Å². The summed E-state index contributed by atoms with van der Waals surface area (Å²) in [5.74, 6) is 1.39. The zero-order valence-electron chi connectivity index (χ0n) is 18.1. The van der Waals surface area contributed by atoms with E-state index in [9.17, 15) is 4.79 Å². The van der Waals surface area contributed by atoms with Gasteiger partial charge in [0.2, 0.25) is 0 Å². The molecule has 8 heteroatoms. The van der Waals surface area contributed by atoms with E-state index in [-0.39, 0.29) is 6.61 Å². The van der Waals surface area contributed by atoms with E-state index in [0.717, 1.165) is 12.0 Å². The van der Waals surface area contributed by atoms with Gasteiger partial charge in [-0.15, -0.1) is 0 Å². The SMILES string of the molecule is CC[C@]1(C)COC(=O)c2c(NCc3ccc(OC)cc3OC)nc3cccnc3c2N1. The zero-order chi connectivity index (χ0) is 22.0. The number of aromatic nitrogens is 2. The normalized spacial score (nSPS) is 17.9. The van der Waals surface area contributed by atoms with E-state index >= 15 is 0 Å². The lowest BCUT2D eigenvalue weighted by Crippen LogP contribution is -2.38. The molecule has 8 nitrogen and oxygen atoms in total. The molecule has 0 aliphatic carbocycles. The van der Waals surface area contributed by atoms with E-state index in [0.29, 0.717) is 46.1 Å². The summed E-state index contributed by atoms with van der Waals surface area (Å²) in [6, 6.07) is 9.30. The van der Waals surface area contributed by atoms with Gasteiger partial charge in [0, 0.05) is 24.4 Å². The minimum absolute atomic E-state index is 0.261. The second-order valence-electron chi connectivity index (χ2n) is 7.73. The number of nitrogens with zero attached hydrogens (tertiary/aromatic N) is 2. The van der Waals surface area contributed by atoms with Crippen LogP contribution in [0.3, 0.4) is 0 Å². The van der Waals surface area contributed by atoms with Crippen molar-refractivity contribution in [2.75, 3.05) is 31.5 Å². The molecular weight excluding hydrogens is 396 g/mol. The topological polar surface area (TPSA) is 94.6 Å². The fourth-order valence-electron chi connectivity index (χ4n) is 3.54. The summed E-state index contributed by atoms with van der Waals surface area (Å²) in [4.78, 5) is 22.1. The van der Waals surface area contributed by atoms with Crippen LogP contribution in [0.5, 0.6) is 11.5 Å². The van der Waals surface area contributed by atoms with Gasteiger partial charge in [0.15, 0.2) is 0 Å². The summed E-state index contributed by atoms with van der Waals surface area (Å²) >= 11 is 0. The van der Waals surface area contributed by atoms with E-state index in [1.807, 2.05) is 37.3 Å². The highest BCUT2D eigenvalue weighted by Gasteiger charge is 2.34. The average molecular weight is 422 g/mol. The Morgan fingerprint density at radius 1 is 1.26 bits per heavy atom. The molecule has 0 radical (unpaired) electrons. The highest BCUT2D eigenvalue weighted by Crippen LogP contribution is 2.36. The van der Waals surface area contributed by atoms with E-state index in [4.69, 9.17) is 14.2 Å². The first-order chi connectivity index (χ1) is 15.0. The standard InChI is InChI=1S/C23H26N4O4/c1-5-23(2)13-31-22(28)18-20(27-23)19-16(7-6-10-24-19)26-21(18)25-12-14-8-9-15(29-3)11-17(14)30-4/h6-11,27H,5,12-13H2,1-4H3,(H,25,26)/t23-/m1/s1. The smallest absolute Gasteiger partial charge is 0.344 e. The number of rotatable bonds is 6. The molecule has 0 saturated carbocycles. The number of hydrogen-bond acceptors (Lipinski definition) is 8. The van der Waals surface area contributed by atoms with Crippen molar-refractivity contribution in [3.05, 3.63) is 47.7 Å². The number of cyclic esters (lactones) is 1. The second-order valence-corrected chi connectivity index (χ2v) is 7.73. The summed E-state index contributed by atoms with van der Waals surface area (Å²) in [5, 5.41) is 6.80. The van der Waals surface area contributed by atoms with E-state index in [1.54, 1.807) is 20.4 Å². The van der Waals surface area contributed by atoms with Crippen LogP contribution in [0.25, 0.3) is 11.0 Å². The Morgan fingerprint density at radius 3 is 2.84 bits per heavy atom. The Kier molecular flexibility index (Phi) is 5.54. The highest BCUT2D eigenvalue weighted by atomic mass is 16.5. The number of methoxy groups -OCH3 is 2. The minimum atomic E-state index is -0.427. The van der Waals surface area contributed by atoms with Crippen LogP contribution < -0.4 is 20.1 Å². The number of benzene rings is 1. The number of hydrogen-bond donors (Lipinski definition) is 2. The number of carbonyl (C=O) groups is 1. The number of fused-ring (bicyclic) bond motifs is 3. The van der Waals surface area contributed by atoms with Crippen LogP contribution in [0.2, 0.25) is 0 Å². The molecule has 31 heavy (non-hydrogen) atoms. The molecule has 0 bridgehead atoms. The van der Waals surface area contributed by atoms with Gasteiger partial charge in [-0.2, -0.15) is 0 Å². The monoisotopic (exact) mass is 422 g/mol. The number of ether oxygens (including phenoxy) is 3. The lowest BCUT2D eigenvalue weighted by molar-refractivity contribution is 0.0450. The highest BCUT2D eigenvalue weighted by molar-refractivity contribution is 6.08. The maximum absolute atomic E-state index is 13.0. The molecule has 2 aromatic heterocycles. The minimum Gasteiger partial charge on any atom is -0.497 e. The van der Waals surface area contributed by atoms with Crippen molar-refractivity contribution >= 4 is 28.5 Å². The molecule has 3 aromatic rings. The predicted octanol–water partition coefficient (Wildman–Crippen LogP) is 4.01. The van der Waals surface area contributed by atoms with Gasteiger partial charge in [-0.3, -0.25) is 4.98 Å². The third kappa shape index (κ3) is 3.93. The molecular formula is C23H26N4O4. The van der Waals surface area contributed by atoms with E-state index in [1.165, 1.54) is 0 Å². The first-order valence-electron chi connectivity index (χ1n) is 10.2. The summed E-state index contributed by atoms with van der Waals surface area (Å²) in [7, 11) is 3.22. The van der Waals surface area contributed by atoms with Gasteiger partial charge < -0.3 is 24.8 Å². The van der Waals surface area contributed by atoms with Crippen molar-refractivity contribution in [1.29, 1.82) is 0 Å². The van der Waals surface area contributed by atoms with Gasteiger partial charge in [-0.25, -0.2) is 9.78 Å². The molecule has 1 aliphatic rings. The van der Waals surface area contributed by atoms with Crippen molar-refractivity contribution < 1.29 is 19.0 Å². The fraction of sp³-hybridized carbons (Fsp3) is 0.348. The van der Waals surface area contributed by atoms with E-state index in [2.05, 4.69) is 27.5 Å². The van der Waals surface area contributed by atoms with Crippen LogP contribution in [0.1, 0.15) is 36.2 Å². The lowest BCUT2D eigenvalue weighted by atomic mass is 9.99. The molecule has 0 unspecified atom stereocenters. The van der Waals surface area contributed by atoms with Crippen molar-refractivity contribution in [2.24, 2.45) is 0 Å². The molecule has 0 fully saturated rings. The molecule has 2 N–H and O–H groups in total. The molecule has 0 spiro atoms. The molecule has 3 heterocycles. The largest absolute Gasteiger partial charge is 0.497 e. The molecule has 0 amide bonds. The summed E-state index contributed by atoms with van der Waals surface area (Å²) in [6.07, 6.45) is 2.48. The second kappa shape index (κ2) is 8.29. The molecule has 162 valence electrons. The maximum atomic E-state index is 13.0. The van der Waals surface area contributed by atoms with Crippen LogP contribution in [0.4, 0.5) is 11.5 Å². The van der Waals surface area contributed by atoms with Gasteiger partial charge in [0.05, 0.1) is 31.0 Å². The Hall–Kier alpha value is -3.55. The van der Waals surface area contributed by atoms with Crippen molar-refractivity contribution in [3.63, 3.8) is 0 Å². The van der Waals surface area contributed by atoms with Gasteiger partial charge in [0.1, 0.15) is 35.0 Å². The van der Waals surface area contributed by atoms with E-state index < -0.39 is 11.5 Å². The van der Waals surface area contributed by atoms with Gasteiger partial charge in [-0.1, -0.05) is 6.92 Å². The summed E-state index contributed by atoms with van der Waals surface area (Å²) in [5.41, 5.74) is 2.83. The first kappa shape index (κ1) is 20.7. The quantitative estimate of drug-likeness (QED) is 0.576. The van der Waals surface area contributed by atoms with Gasteiger partial charge in [0.25, 0.3) is 0 Å².